The molecule has 3 heterocycles. The van der Waals surface area contributed by atoms with Crippen LogP contribution in [0.2, 0.25) is 0 Å². The van der Waals surface area contributed by atoms with Crippen LogP contribution in [0.1, 0.15) is 27.2 Å². The number of aryl methyl sites for hydroxylation is 2. The predicted molar refractivity (Wildman–Crippen MR) is 110 cm³/mol. The number of hydrogen-bond donors (Lipinski definition) is 0. The number of halogens is 1. The fraction of sp³-hybridized carbons (Fsp3) is 0.150. The molecule has 0 saturated carbocycles. The van der Waals surface area contributed by atoms with E-state index in [9.17, 15) is 4.79 Å². The number of fused-ring (bicyclic) bond motifs is 1. The molecule has 0 aliphatic heterocycles. The number of thiazole rings is 1. The lowest BCUT2D eigenvalue weighted by molar-refractivity contribution is 0.0957. The van der Waals surface area contributed by atoms with E-state index in [-0.39, 0.29) is 11.7 Å². The molecule has 3 aromatic heterocycles. The molecule has 0 aliphatic rings. The molecular formula is C20H16BrN3O2S. The number of carbonyl (C=O) groups is 1. The van der Waals surface area contributed by atoms with Crippen LogP contribution in [-0.2, 0) is 6.54 Å². The van der Waals surface area contributed by atoms with Crippen LogP contribution in [0.3, 0.4) is 0 Å². The highest BCUT2D eigenvalue weighted by Gasteiger charge is 2.24. The molecule has 4 aromatic rings. The van der Waals surface area contributed by atoms with Gasteiger partial charge in [-0.15, -0.1) is 0 Å². The first kappa shape index (κ1) is 17.9. The number of pyridine rings is 1. The van der Waals surface area contributed by atoms with Crippen LogP contribution in [0.4, 0.5) is 5.13 Å². The van der Waals surface area contributed by atoms with Gasteiger partial charge in [-0.1, -0.05) is 23.5 Å². The molecule has 0 saturated heterocycles. The number of benzene rings is 1. The van der Waals surface area contributed by atoms with Gasteiger partial charge in [-0.2, -0.15) is 0 Å². The summed E-state index contributed by atoms with van der Waals surface area (Å²) >= 11 is 4.76. The summed E-state index contributed by atoms with van der Waals surface area (Å²) < 4.78 is 7.06. The van der Waals surface area contributed by atoms with Gasteiger partial charge in [0, 0.05) is 12.4 Å². The van der Waals surface area contributed by atoms with E-state index in [1.807, 2.05) is 12.1 Å². The van der Waals surface area contributed by atoms with Gasteiger partial charge in [0.15, 0.2) is 15.6 Å². The van der Waals surface area contributed by atoms with Crippen molar-refractivity contribution in [1.82, 2.24) is 9.97 Å². The number of nitrogens with zero attached hydrogens (tertiary/aromatic N) is 3. The van der Waals surface area contributed by atoms with E-state index < -0.39 is 0 Å². The van der Waals surface area contributed by atoms with Crippen molar-refractivity contribution < 1.29 is 9.21 Å². The van der Waals surface area contributed by atoms with Crippen molar-refractivity contribution in [2.45, 2.75) is 20.4 Å². The van der Waals surface area contributed by atoms with Crippen LogP contribution < -0.4 is 4.90 Å². The molecule has 0 spiro atoms. The largest absolute Gasteiger partial charge is 0.444 e. The summed E-state index contributed by atoms with van der Waals surface area (Å²) in [4.78, 5) is 23.7. The second kappa shape index (κ2) is 7.25. The zero-order valence-corrected chi connectivity index (χ0v) is 17.2. The maximum absolute atomic E-state index is 13.1. The summed E-state index contributed by atoms with van der Waals surface area (Å²) in [5, 5.41) is 0.639. The summed E-state index contributed by atoms with van der Waals surface area (Å²) in [7, 11) is 0. The van der Waals surface area contributed by atoms with Crippen LogP contribution in [0.15, 0.2) is 57.9 Å². The Hall–Kier alpha value is -2.51. The Balaban J connectivity index is 1.79. The molecule has 1 amide bonds. The number of aromatic nitrogens is 2. The third-order valence-electron chi connectivity index (χ3n) is 4.40. The number of furan rings is 1. The molecule has 0 aliphatic carbocycles. The topological polar surface area (TPSA) is 59.2 Å². The normalized spacial score (nSPS) is 11.1. The summed E-state index contributed by atoms with van der Waals surface area (Å²) in [5.41, 5.74) is 4.16. The molecule has 0 radical (unpaired) electrons. The lowest BCUT2D eigenvalue weighted by atomic mass is 10.1. The fourth-order valence-electron chi connectivity index (χ4n) is 2.79. The highest BCUT2D eigenvalue weighted by atomic mass is 79.9. The smallest absolute Gasteiger partial charge is 0.296 e. The van der Waals surface area contributed by atoms with Crippen LogP contribution in [0.25, 0.3) is 10.2 Å². The Kier molecular flexibility index (Phi) is 4.80. The minimum Gasteiger partial charge on any atom is -0.444 e. The van der Waals surface area contributed by atoms with E-state index in [0.717, 1.165) is 21.3 Å². The van der Waals surface area contributed by atoms with Gasteiger partial charge in [-0.25, -0.2) is 4.98 Å². The van der Waals surface area contributed by atoms with E-state index in [1.165, 1.54) is 16.9 Å². The molecule has 4 rings (SSSR count). The van der Waals surface area contributed by atoms with Gasteiger partial charge in [0.1, 0.15) is 0 Å². The first-order chi connectivity index (χ1) is 13.0. The molecular weight excluding hydrogens is 426 g/mol. The summed E-state index contributed by atoms with van der Waals surface area (Å²) in [6.45, 7) is 4.48. The first-order valence-electron chi connectivity index (χ1n) is 8.36. The zero-order chi connectivity index (χ0) is 19.0. The molecule has 0 N–H and O–H groups in total. The van der Waals surface area contributed by atoms with Crippen molar-refractivity contribution in [1.29, 1.82) is 0 Å². The zero-order valence-electron chi connectivity index (χ0n) is 14.8. The second-order valence-electron chi connectivity index (χ2n) is 6.21. The predicted octanol–water partition coefficient (Wildman–Crippen LogP) is 5.51. The van der Waals surface area contributed by atoms with Gasteiger partial charge in [0.25, 0.3) is 5.91 Å². The molecule has 0 atom stereocenters. The summed E-state index contributed by atoms with van der Waals surface area (Å²) in [5.74, 6) is 0.0240. The number of carbonyl (C=O) groups excluding carboxylic acids is 1. The van der Waals surface area contributed by atoms with Gasteiger partial charge in [-0.3, -0.25) is 14.7 Å². The molecule has 5 nitrogen and oxygen atoms in total. The average Bonchev–Trinajstić information content (AvgIpc) is 3.30. The van der Waals surface area contributed by atoms with Crippen LogP contribution in [-0.4, -0.2) is 15.9 Å². The van der Waals surface area contributed by atoms with Crippen molar-refractivity contribution in [3.63, 3.8) is 0 Å². The number of rotatable bonds is 4. The van der Waals surface area contributed by atoms with E-state index in [1.54, 1.807) is 29.4 Å². The minimum absolute atomic E-state index is 0.238. The van der Waals surface area contributed by atoms with Gasteiger partial charge in [-0.05, 0) is 70.7 Å². The van der Waals surface area contributed by atoms with E-state index in [2.05, 4.69) is 46.9 Å². The standard InChI is InChI=1S/C20H16BrN3O2S/c1-12-5-7-16-18(13(12)2)23-20(27-16)24(11-14-4-3-9-22-10-14)19(25)15-6-8-17(21)26-15/h3-10H,11H2,1-2H3. The van der Waals surface area contributed by atoms with Crippen molar-refractivity contribution in [3.05, 3.63) is 75.9 Å². The molecule has 0 unspecified atom stereocenters. The van der Waals surface area contributed by atoms with Gasteiger partial charge in [0.2, 0.25) is 0 Å². The van der Waals surface area contributed by atoms with Gasteiger partial charge < -0.3 is 4.42 Å². The Morgan fingerprint density at radius 3 is 2.78 bits per heavy atom. The fourth-order valence-corrected chi connectivity index (χ4v) is 4.12. The van der Waals surface area contributed by atoms with Crippen LogP contribution in [0.5, 0.6) is 0 Å². The molecule has 136 valence electrons. The Bertz CT molecular complexity index is 1120. The van der Waals surface area contributed by atoms with Crippen LogP contribution >= 0.6 is 27.3 Å². The highest BCUT2D eigenvalue weighted by molar-refractivity contribution is 9.10. The monoisotopic (exact) mass is 441 g/mol. The number of anilines is 1. The lowest BCUT2D eigenvalue weighted by Crippen LogP contribution is -2.30. The molecule has 7 heteroatoms. The SMILES string of the molecule is Cc1ccc2sc(N(Cc3cccnc3)C(=O)c3ccc(Br)o3)nc2c1C. The van der Waals surface area contributed by atoms with E-state index in [0.29, 0.717) is 16.3 Å². The maximum Gasteiger partial charge on any atom is 0.296 e. The van der Waals surface area contributed by atoms with Crippen molar-refractivity contribution in [2.75, 3.05) is 4.90 Å². The third-order valence-corrected chi connectivity index (χ3v) is 5.87. The van der Waals surface area contributed by atoms with Gasteiger partial charge in [0.05, 0.1) is 16.8 Å². The quantitative estimate of drug-likeness (QED) is 0.418. The number of amides is 1. The second-order valence-corrected chi connectivity index (χ2v) is 8.00. The van der Waals surface area contributed by atoms with Crippen molar-refractivity contribution >= 4 is 48.5 Å². The van der Waals surface area contributed by atoms with Crippen LogP contribution in [0, 0.1) is 13.8 Å². The minimum atomic E-state index is -0.238. The average molecular weight is 442 g/mol. The molecule has 1 aromatic carbocycles. The Morgan fingerprint density at radius 2 is 2.07 bits per heavy atom. The van der Waals surface area contributed by atoms with Gasteiger partial charge >= 0.3 is 0 Å². The molecule has 0 bridgehead atoms. The van der Waals surface area contributed by atoms with Crippen molar-refractivity contribution in [3.8, 4) is 0 Å². The van der Waals surface area contributed by atoms with E-state index >= 15 is 0 Å². The first-order valence-corrected chi connectivity index (χ1v) is 9.97. The Morgan fingerprint density at radius 1 is 1.22 bits per heavy atom. The van der Waals surface area contributed by atoms with Crippen molar-refractivity contribution in [2.24, 2.45) is 0 Å². The molecule has 27 heavy (non-hydrogen) atoms. The summed E-state index contributed by atoms with van der Waals surface area (Å²) in [6.07, 6.45) is 3.46. The lowest BCUT2D eigenvalue weighted by Gasteiger charge is -2.18. The summed E-state index contributed by atoms with van der Waals surface area (Å²) in [6, 6.07) is 11.3. The molecule has 0 fully saturated rings. The number of hydrogen-bond acceptors (Lipinski definition) is 5. The Labute approximate surface area is 168 Å². The maximum atomic E-state index is 13.1. The highest BCUT2D eigenvalue weighted by Crippen LogP contribution is 2.33. The third kappa shape index (κ3) is 3.52. The van der Waals surface area contributed by atoms with E-state index in [4.69, 9.17) is 9.40 Å².